The number of anilines is 1. The third-order valence-electron chi connectivity index (χ3n) is 5.93. The molecule has 1 atom stereocenters. The van der Waals surface area contributed by atoms with Crippen LogP contribution >= 0.6 is 0 Å². The van der Waals surface area contributed by atoms with Crippen LogP contribution in [0.25, 0.3) is 0 Å². The largest absolute Gasteiger partial charge is 0.368 e. The lowest BCUT2D eigenvalue weighted by atomic mass is 9.78. The fourth-order valence-electron chi connectivity index (χ4n) is 3.90. The fraction of sp³-hybridized carbons (Fsp3) is 0.579. The van der Waals surface area contributed by atoms with Crippen molar-refractivity contribution in [1.82, 2.24) is 5.06 Å². The van der Waals surface area contributed by atoms with Crippen molar-refractivity contribution in [3.05, 3.63) is 30.1 Å². The topological polar surface area (TPSA) is 49.9 Å². The third-order valence-corrected chi connectivity index (χ3v) is 5.93. The summed E-state index contributed by atoms with van der Waals surface area (Å²) in [5, 5.41) is 1.25. The summed E-state index contributed by atoms with van der Waals surface area (Å²) in [7, 11) is 0. The van der Waals surface area contributed by atoms with Crippen molar-refractivity contribution in [2.75, 3.05) is 24.5 Å². The quantitative estimate of drug-likeness (QED) is 0.844. The van der Waals surface area contributed by atoms with Crippen molar-refractivity contribution in [3.63, 3.8) is 0 Å². The molecule has 1 aromatic rings. The lowest BCUT2D eigenvalue weighted by molar-refractivity contribution is -0.200. The Morgan fingerprint density at radius 3 is 2.64 bits per heavy atom. The molecule has 1 aromatic carbocycles. The van der Waals surface area contributed by atoms with Crippen LogP contribution in [-0.4, -0.2) is 36.6 Å². The van der Waals surface area contributed by atoms with Crippen LogP contribution in [0.4, 0.5) is 10.1 Å². The maximum atomic E-state index is 14.1. The van der Waals surface area contributed by atoms with Crippen molar-refractivity contribution in [1.29, 1.82) is 0 Å². The van der Waals surface area contributed by atoms with Crippen LogP contribution in [-0.2, 0) is 14.4 Å². The first-order valence-corrected chi connectivity index (χ1v) is 8.97. The van der Waals surface area contributed by atoms with Crippen molar-refractivity contribution >= 4 is 17.6 Å². The Labute approximate surface area is 146 Å². The number of para-hydroxylation sites is 1. The standard InChI is InChI=1S/C19H23FN2O3/c1-18(8-9-18)17(24)25-22-12-10-19(16(22)23)7-4-11-21(13-19)15-6-3-2-5-14(15)20/h2-3,5-6H,4,7-13H2,1H3. The van der Waals surface area contributed by atoms with Crippen LogP contribution in [0, 0.1) is 16.6 Å². The van der Waals surface area contributed by atoms with Crippen LogP contribution in [0.2, 0.25) is 0 Å². The number of benzene rings is 1. The predicted molar refractivity (Wildman–Crippen MR) is 90.0 cm³/mol. The highest BCUT2D eigenvalue weighted by Gasteiger charge is 2.53. The van der Waals surface area contributed by atoms with E-state index < -0.39 is 10.8 Å². The Hall–Kier alpha value is -2.11. The summed E-state index contributed by atoms with van der Waals surface area (Å²) in [4.78, 5) is 32.5. The third kappa shape index (κ3) is 2.77. The average molecular weight is 346 g/mol. The molecule has 1 unspecified atom stereocenters. The van der Waals surface area contributed by atoms with E-state index >= 15 is 0 Å². The second kappa shape index (κ2) is 5.71. The van der Waals surface area contributed by atoms with Crippen LogP contribution in [0.15, 0.2) is 24.3 Å². The predicted octanol–water partition coefficient (Wildman–Crippen LogP) is 2.90. The van der Waals surface area contributed by atoms with E-state index in [0.717, 1.165) is 32.2 Å². The van der Waals surface area contributed by atoms with E-state index in [4.69, 9.17) is 4.84 Å². The number of hydrogen-bond acceptors (Lipinski definition) is 4. The number of carbonyl (C=O) groups excluding carboxylic acids is 2. The molecule has 0 aromatic heterocycles. The normalized spacial score (nSPS) is 27.7. The molecule has 134 valence electrons. The Balaban J connectivity index is 1.49. The maximum absolute atomic E-state index is 14.1. The molecule has 6 heteroatoms. The minimum Gasteiger partial charge on any atom is -0.368 e. The molecule has 0 radical (unpaired) electrons. The molecular weight excluding hydrogens is 323 g/mol. The number of hydroxylamine groups is 2. The molecular formula is C19H23FN2O3. The van der Waals surface area contributed by atoms with Gasteiger partial charge in [0, 0.05) is 13.1 Å². The minimum absolute atomic E-state index is 0.133. The first-order chi connectivity index (χ1) is 11.9. The van der Waals surface area contributed by atoms with E-state index in [1.54, 1.807) is 18.2 Å². The maximum Gasteiger partial charge on any atom is 0.338 e. The zero-order valence-corrected chi connectivity index (χ0v) is 14.5. The van der Waals surface area contributed by atoms with Gasteiger partial charge in [-0.25, -0.2) is 9.18 Å². The molecule has 1 spiro atoms. The highest BCUT2D eigenvalue weighted by atomic mass is 19.1. The Morgan fingerprint density at radius 1 is 1.16 bits per heavy atom. The van der Waals surface area contributed by atoms with Gasteiger partial charge in [0.15, 0.2) is 0 Å². The zero-order chi connectivity index (χ0) is 17.7. The van der Waals surface area contributed by atoms with Gasteiger partial charge in [0.2, 0.25) is 0 Å². The zero-order valence-electron chi connectivity index (χ0n) is 14.5. The van der Waals surface area contributed by atoms with Gasteiger partial charge < -0.3 is 9.74 Å². The molecule has 3 aliphatic rings. The van der Waals surface area contributed by atoms with Gasteiger partial charge in [-0.3, -0.25) is 4.79 Å². The fourth-order valence-corrected chi connectivity index (χ4v) is 3.90. The summed E-state index contributed by atoms with van der Waals surface area (Å²) in [6.07, 6.45) is 3.85. The van der Waals surface area contributed by atoms with E-state index in [2.05, 4.69) is 0 Å². The molecule has 1 amide bonds. The van der Waals surface area contributed by atoms with Gasteiger partial charge >= 0.3 is 5.97 Å². The number of carbonyl (C=O) groups is 2. The molecule has 1 saturated carbocycles. The average Bonchev–Trinajstić information content (AvgIpc) is 3.31. The Bertz CT molecular complexity index is 718. The number of piperidine rings is 1. The summed E-state index contributed by atoms with van der Waals surface area (Å²) in [6.45, 7) is 3.49. The van der Waals surface area contributed by atoms with Gasteiger partial charge in [0.25, 0.3) is 5.91 Å². The molecule has 4 rings (SSSR count). The van der Waals surface area contributed by atoms with E-state index in [0.29, 0.717) is 25.2 Å². The van der Waals surface area contributed by atoms with E-state index in [1.807, 2.05) is 11.8 Å². The molecule has 2 saturated heterocycles. The summed E-state index contributed by atoms with van der Waals surface area (Å²) in [5.41, 5.74) is -0.456. The number of rotatable bonds is 3. The van der Waals surface area contributed by atoms with Crippen LogP contribution < -0.4 is 4.90 Å². The molecule has 1 aliphatic carbocycles. The highest BCUT2D eigenvalue weighted by molar-refractivity contribution is 5.87. The van der Waals surface area contributed by atoms with Gasteiger partial charge in [0.1, 0.15) is 5.82 Å². The summed E-state index contributed by atoms with van der Waals surface area (Å²) >= 11 is 0. The SMILES string of the molecule is CC1(C(=O)ON2CCC3(CCCN(c4ccccc4F)C3)C2=O)CC1. The van der Waals surface area contributed by atoms with Crippen molar-refractivity contribution in [3.8, 4) is 0 Å². The molecule has 2 heterocycles. The first-order valence-electron chi connectivity index (χ1n) is 8.97. The number of amides is 1. The van der Waals surface area contributed by atoms with Crippen molar-refractivity contribution < 1.29 is 18.8 Å². The lowest BCUT2D eigenvalue weighted by Gasteiger charge is -2.40. The van der Waals surface area contributed by atoms with E-state index in [1.165, 1.54) is 11.1 Å². The second-order valence-corrected chi connectivity index (χ2v) is 7.85. The first kappa shape index (κ1) is 16.4. The van der Waals surface area contributed by atoms with E-state index in [9.17, 15) is 14.0 Å². The van der Waals surface area contributed by atoms with Gasteiger partial charge in [-0.1, -0.05) is 12.1 Å². The van der Waals surface area contributed by atoms with Gasteiger partial charge in [-0.2, -0.15) is 5.06 Å². The van der Waals surface area contributed by atoms with Gasteiger partial charge in [0.05, 0.1) is 23.1 Å². The Morgan fingerprint density at radius 2 is 1.92 bits per heavy atom. The summed E-state index contributed by atoms with van der Waals surface area (Å²) < 4.78 is 14.1. The Kier molecular flexibility index (Phi) is 3.74. The lowest BCUT2D eigenvalue weighted by Crippen LogP contribution is -2.48. The molecule has 5 nitrogen and oxygen atoms in total. The monoisotopic (exact) mass is 346 g/mol. The van der Waals surface area contributed by atoms with E-state index in [-0.39, 0.29) is 17.7 Å². The smallest absolute Gasteiger partial charge is 0.338 e. The van der Waals surface area contributed by atoms with Crippen LogP contribution in [0.5, 0.6) is 0 Å². The number of nitrogens with zero attached hydrogens (tertiary/aromatic N) is 2. The summed E-state index contributed by atoms with van der Waals surface area (Å²) in [6, 6.07) is 6.66. The minimum atomic E-state index is -0.578. The number of halogens is 1. The number of hydrogen-bond donors (Lipinski definition) is 0. The van der Waals surface area contributed by atoms with Crippen LogP contribution in [0.1, 0.15) is 39.0 Å². The van der Waals surface area contributed by atoms with Crippen molar-refractivity contribution in [2.45, 2.75) is 39.0 Å². The molecule has 3 fully saturated rings. The molecule has 0 N–H and O–H groups in total. The van der Waals surface area contributed by atoms with Crippen LogP contribution in [0.3, 0.4) is 0 Å². The highest BCUT2D eigenvalue weighted by Crippen LogP contribution is 2.47. The second-order valence-electron chi connectivity index (χ2n) is 7.85. The van der Waals surface area contributed by atoms with Gasteiger partial charge in [-0.05, 0) is 51.2 Å². The molecule has 0 bridgehead atoms. The summed E-state index contributed by atoms with van der Waals surface area (Å²) in [5.74, 6) is -0.708. The molecule has 2 aliphatic heterocycles. The molecule has 25 heavy (non-hydrogen) atoms. The van der Waals surface area contributed by atoms with Gasteiger partial charge in [-0.15, -0.1) is 0 Å². The van der Waals surface area contributed by atoms with Crippen molar-refractivity contribution in [2.24, 2.45) is 10.8 Å².